The summed E-state index contributed by atoms with van der Waals surface area (Å²) in [4.78, 5) is 10.8. The number of esters is 1. The topological polar surface area (TPSA) is 26.3 Å². The lowest BCUT2D eigenvalue weighted by Gasteiger charge is -2.07. The summed E-state index contributed by atoms with van der Waals surface area (Å²) in [6.07, 6.45) is 10.9. The minimum absolute atomic E-state index is 0.115. The highest BCUT2D eigenvalue weighted by Gasteiger charge is 2.04. The number of carbonyl (C=O) groups excluding carboxylic acids is 1. The highest BCUT2D eigenvalue weighted by Crippen LogP contribution is 2.15. The Kier molecular flexibility index (Phi) is 10.7. The molecule has 1 atom stereocenters. The second kappa shape index (κ2) is 11.0. The van der Waals surface area contributed by atoms with Gasteiger partial charge >= 0.3 is 5.97 Å². The van der Waals surface area contributed by atoms with Crippen molar-refractivity contribution in [3.63, 3.8) is 0 Å². The molecule has 0 bridgehead atoms. The number of carbonyl (C=O) groups is 1. The van der Waals surface area contributed by atoms with Gasteiger partial charge in [0, 0.05) is 11.8 Å². The predicted octanol–water partition coefficient (Wildman–Crippen LogP) is 4.07. The molecule has 0 rings (SSSR count). The van der Waals surface area contributed by atoms with Gasteiger partial charge in [-0.05, 0) is 32.6 Å². The van der Waals surface area contributed by atoms with E-state index in [0.29, 0.717) is 6.42 Å². The number of allylic oxidation sites excluding steroid dienone is 2. The van der Waals surface area contributed by atoms with Gasteiger partial charge in [-0.1, -0.05) is 25.0 Å². The highest BCUT2D eigenvalue weighted by atomic mass is 35.5. The van der Waals surface area contributed by atoms with E-state index < -0.39 is 0 Å². The highest BCUT2D eigenvalue weighted by molar-refractivity contribution is 6.20. The van der Waals surface area contributed by atoms with Crippen LogP contribution in [0, 0.1) is 0 Å². The number of hydrogen-bond donors (Lipinski definition) is 0. The molecule has 0 aromatic rings. The Balaban J connectivity index is 3.27. The van der Waals surface area contributed by atoms with Crippen LogP contribution < -0.4 is 0 Å². The molecule has 0 saturated carbocycles. The average Bonchev–Trinajstić information content (AvgIpc) is 2.28. The largest absolute Gasteiger partial charge is 0.469 e. The number of rotatable bonds is 9. The summed E-state index contributed by atoms with van der Waals surface area (Å²) in [6.45, 7) is 2.02. The Morgan fingerprint density at radius 2 is 2.06 bits per heavy atom. The molecule has 0 aliphatic rings. The average molecular weight is 247 g/mol. The van der Waals surface area contributed by atoms with E-state index in [-0.39, 0.29) is 11.3 Å². The maximum atomic E-state index is 10.8. The third-order valence-electron chi connectivity index (χ3n) is 2.51. The summed E-state index contributed by atoms with van der Waals surface area (Å²) >= 11 is 6.16. The van der Waals surface area contributed by atoms with Crippen LogP contribution in [0.4, 0.5) is 0 Å². The standard InChI is InChI=1S/C13H23ClO2/c1-3-4-6-9-12(14)10-7-5-8-11-13(15)16-2/h3-4,12H,5-11H2,1-2H3/b4-3+. The van der Waals surface area contributed by atoms with E-state index in [1.54, 1.807) is 0 Å². The third-order valence-corrected chi connectivity index (χ3v) is 2.94. The maximum Gasteiger partial charge on any atom is 0.305 e. The van der Waals surface area contributed by atoms with Crippen LogP contribution in [0.1, 0.15) is 51.9 Å². The molecule has 0 amide bonds. The fraction of sp³-hybridized carbons (Fsp3) is 0.769. The first-order valence-electron chi connectivity index (χ1n) is 6.02. The van der Waals surface area contributed by atoms with E-state index in [1.165, 1.54) is 7.11 Å². The molecule has 0 aliphatic heterocycles. The zero-order valence-electron chi connectivity index (χ0n) is 10.4. The molecule has 1 unspecified atom stereocenters. The summed E-state index contributed by atoms with van der Waals surface area (Å²) in [6, 6.07) is 0. The zero-order valence-corrected chi connectivity index (χ0v) is 11.1. The zero-order chi connectivity index (χ0) is 12.2. The van der Waals surface area contributed by atoms with Gasteiger partial charge in [-0.25, -0.2) is 0 Å². The maximum absolute atomic E-state index is 10.8. The van der Waals surface area contributed by atoms with Gasteiger partial charge in [0.1, 0.15) is 0 Å². The van der Waals surface area contributed by atoms with Gasteiger partial charge in [0.2, 0.25) is 0 Å². The van der Waals surface area contributed by atoms with Gasteiger partial charge < -0.3 is 4.74 Å². The monoisotopic (exact) mass is 246 g/mol. The van der Waals surface area contributed by atoms with Gasteiger partial charge in [-0.3, -0.25) is 4.79 Å². The first-order chi connectivity index (χ1) is 7.70. The van der Waals surface area contributed by atoms with Crippen LogP contribution in [0.25, 0.3) is 0 Å². The van der Waals surface area contributed by atoms with Crippen LogP contribution >= 0.6 is 11.6 Å². The lowest BCUT2D eigenvalue weighted by atomic mass is 10.1. The molecule has 0 N–H and O–H groups in total. The molecule has 0 saturated heterocycles. The Hall–Kier alpha value is -0.500. The van der Waals surface area contributed by atoms with Crippen molar-refractivity contribution in [2.45, 2.75) is 57.2 Å². The number of hydrogen-bond acceptors (Lipinski definition) is 2. The van der Waals surface area contributed by atoms with Crippen molar-refractivity contribution < 1.29 is 9.53 Å². The van der Waals surface area contributed by atoms with E-state index in [4.69, 9.17) is 11.6 Å². The Morgan fingerprint density at radius 3 is 2.69 bits per heavy atom. The summed E-state index contributed by atoms with van der Waals surface area (Å²) in [5.74, 6) is -0.115. The summed E-state index contributed by atoms with van der Waals surface area (Å²) < 4.78 is 4.57. The van der Waals surface area contributed by atoms with E-state index >= 15 is 0 Å². The molecule has 0 fully saturated rings. The van der Waals surface area contributed by atoms with E-state index in [2.05, 4.69) is 16.9 Å². The van der Waals surface area contributed by atoms with Gasteiger partial charge in [0.25, 0.3) is 0 Å². The van der Waals surface area contributed by atoms with Crippen molar-refractivity contribution in [1.29, 1.82) is 0 Å². The summed E-state index contributed by atoms with van der Waals surface area (Å²) in [5.41, 5.74) is 0. The fourth-order valence-electron chi connectivity index (χ4n) is 1.50. The van der Waals surface area contributed by atoms with Crippen LogP contribution in [-0.2, 0) is 9.53 Å². The molecule has 0 aromatic heterocycles. The molecular weight excluding hydrogens is 224 g/mol. The van der Waals surface area contributed by atoms with Crippen molar-refractivity contribution in [3.8, 4) is 0 Å². The van der Waals surface area contributed by atoms with Gasteiger partial charge in [-0.2, -0.15) is 0 Å². The summed E-state index contributed by atoms with van der Waals surface area (Å²) in [7, 11) is 1.43. The van der Waals surface area contributed by atoms with Crippen LogP contribution in [0.15, 0.2) is 12.2 Å². The van der Waals surface area contributed by atoms with Crippen molar-refractivity contribution in [3.05, 3.63) is 12.2 Å². The van der Waals surface area contributed by atoms with E-state index in [0.717, 1.165) is 38.5 Å². The van der Waals surface area contributed by atoms with Crippen LogP contribution in [0.5, 0.6) is 0 Å². The SMILES string of the molecule is C/C=C/CCC(Cl)CCCCCC(=O)OC. The number of unbranched alkanes of at least 4 members (excludes halogenated alkanes) is 2. The van der Waals surface area contributed by atoms with Crippen molar-refractivity contribution in [2.75, 3.05) is 7.11 Å². The van der Waals surface area contributed by atoms with Gasteiger partial charge in [0.05, 0.1) is 7.11 Å². The second-order valence-electron chi connectivity index (χ2n) is 3.92. The van der Waals surface area contributed by atoms with Crippen LogP contribution in [-0.4, -0.2) is 18.5 Å². The Labute approximate surface area is 104 Å². The lowest BCUT2D eigenvalue weighted by Crippen LogP contribution is -2.00. The number of methoxy groups -OCH3 is 1. The second-order valence-corrected chi connectivity index (χ2v) is 4.54. The molecule has 2 nitrogen and oxygen atoms in total. The van der Waals surface area contributed by atoms with Crippen LogP contribution in [0.2, 0.25) is 0 Å². The summed E-state index contributed by atoms with van der Waals surface area (Å²) in [5, 5.41) is 0.273. The first kappa shape index (κ1) is 15.5. The van der Waals surface area contributed by atoms with E-state index in [9.17, 15) is 4.79 Å². The smallest absolute Gasteiger partial charge is 0.305 e. The predicted molar refractivity (Wildman–Crippen MR) is 68.8 cm³/mol. The molecule has 0 radical (unpaired) electrons. The minimum Gasteiger partial charge on any atom is -0.469 e. The number of alkyl halides is 1. The number of halogens is 1. The van der Waals surface area contributed by atoms with Crippen molar-refractivity contribution in [2.24, 2.45) is 0 Å². The molecule has 94 valence electrons. The molecule has 3 heteroatoms. The Morgan fingerprint density at radius 1 is 1.31 bits per heavy atom. The molecule has 0 aromatic carbocycles. The van der Waals surface area contributed by atoms with E-state index in [1.807, 2.05) is 6.92 Å². The fourth-order valence-corrected chi connectivity index (χ4v) is 1.78. The van der Waals surface area contributed by atoms with Crippen molar-refractivity contribution in [1.82, 2.24) is 0 Å². The Bertz CT molecular complexity index is 202. The molecular formula is C13H23ClO2. The quantitative estimate of drug-likeness (QED) is 0.265. The van der Waals surface area contributed by atoms with Gasteiger partial charge in [0.15, 0.2) is 0 Å². The molecule has 16 heavy (non-hydrogen) atoms. The third kappa shape index (κ3) is 10.0. The minimum atomic E-state index is -0.115. The first-order valence-corrected chi connectivity index (χ1v) is 6.46. The molecule has 0 spiro atoms. The molecule has 0 heterocycles. The molecule has 0 aliphatic carbocycles. The number of ether oxygens (including phenoxy) is 1. The lowest BCUT2D eigenvalue weighted by molar-refractivity contribution is -0.140. The van der Waals surface area contributed by atoms with Crippen LogP contribution in [0.3, 0.4) is 0 Å². The van der Waals surface area contributed by atoms with Crippen molar-refractivity contribution >= 4 is 17.6 Å². The normalized spacial score (nSPS) is 12.9. The van der Waals surface area contributed by atoms with Gasteiger partial charge in [-0.15, -0.1) is 11.6 Å².